The summed E-state index contributed by atoms with van der Waals surface area (Å²) in [5.41, 5.74) is 1.38. The zero-order valence-electron chi connectivity index (χ0n) is 12.4. The molecule has 1 aromatic rings. The first-order valence-electron chi connectivity index (χ1n) is 7.39. The van der Waals surface area contributed by atoms with Crippen molar-refractivity contribution < 1.29 is 5.11 Å². The highest BCUT2D eigenvalue weighted by Gasteiger charge is 2.66. The van der Waals surface area contributed by atoms with Gasteiger partial charge in [0, 0.05) is 11.6 Å². The highest BCUT2D eigenvalue weighted by molar-refractivity contribution is 7.98. The number of hydrogen-bond acceptors (Lipinski definition) is 3. The standard InChI is InChI=1S/C17H23NOS/c1-16(2)13-9-10-17(16,3)15(19)14(13)20-18-11-12-7-5-4-6-8-12/h4-8,11,13-15,19H,9-10H2,1-3H3/b18-11+/t13-,14?,15?,17+/m1/s1. The normalized spacial score (nSPS) is 38.7. The van der Waals surface area contributed by atoms with Crippen LogP contribution in [-0.2, 0) is 0 Å². The van der Waals surface area contributed by atoms with Crippen LogP contribution in [0, 0.1) is 16.7 Å². The zero-order chi connectivity index (χ0) is 14.4. The number of hydrogen-bond donors (Lipinski definition) is 1. The van der Waals surface area contributed by atoms with Crippen molar-refractivity contribution >= 4 is 18.2 Å². The Hall–Kier alpha value is -0.800. The van der Waals surface area contributed by atoms with Crippen molar-refractivity contribution in [2.75, 3.05) is 0 Å². The summed E-state index contributed by atoms with van der Waals surface area (Å²) in [4.78, 5) is 0. The third kappa shape index (κ3) is 1.94. The molecule has 0 aliphatic heterocycles. The van der Waals surface area contributed by atoms with Crippen LogP contribution in [0.5, 0.6) is 0 Å². The lowest BCUT2D eigenvalue weighted by Gasteiger charge is -2.36. The average molecular weight is 289 g/mol. The van der Waals surface area contributed by atoms with Crippen LogP contribution in [0.2, 0.25) is 0 Å². The maximum absolute atomic E-state index is 10.7. The van der Waals surface area contributed by atoms with Gasteiger partial charge in [-0.2, -0.15) is 0 Å². The summed E-state index contributed by atoms with van der Waals surface area (Å²) < 4.78 is 4.52. The molecule has 2 fully saturated rings. The summed E-state index contributed by atoms with van der Waals surface area (Å²) in [6.45, 7) is 6.88. The Labute approximate surface area is 125 Å². The van der Waals surface area contributed by atoms with Crippen LogP contribution >= 0.6 is 11.9 Å². The molecule has 2 bridgehead atoms. The van der Waals surface area contributed by atoms with Gasteiger partial charge in [-0.05, 0) is 41.7 Å². The molecule has 0 aromatic heterocycles. The molecule has 2 saturated carbocycles. The molecule has 1 aromatic carbocycles. The lowest BCUT2D eigenvalue weighted by Crippen LogP contribution is -2.38. The van der Waals surface area contributed by atoms with Gasteiger partial charge >= 0.3 is 0 Å². The fourth-order valence-electron chi connectivity index (χ4n) is 4.08. The fraction of sp³-hybridized carbons (Fsp3) is 0.588. The smallest absolute Gasteiger partial charge is 0.0738 e. The van der Waals surface area contributed by atoms with Gasteiger partial charge in [0.2, 0.25) is 0 Å². The number of aliphatic hydroxyl groups excluding tert-OH is 1. The van der Waals surface area contributed by atoms with Crippen molar-refractivity contribution in [1.29, 1.82) is 0 Å². The summed E-state index contributed by atoms with van der Waals surface area (Å²) in [5.74, 6) is 0.570. The Morgan fingerprint density at radius 3 is 2.55 bits per heavy atom. The van der Waals surface area contributed by atoms with Gasteiger partial charge in [0.15, 0.2) is 0 Å². The Bertz CT molecular complexity index is 513. The van der Waals surface area contributed by atoms with E-state index in [1.165, 1.54) is 6.42 Å². The van der Waals surface area contributed by atoms with Crippen molar-refractivity contribution in [3.8, 4) is 0 Å². The quantitative estimate of drug-likeness (QED) is 0.675. The third-order valence-electron chi connectivity index (χ3n) is 5.92. The van der Waals surface area contributed by atoms with Gasteiger partial charge in [-0.25, -0.2) is 4.40 Å². The van der Waals surface area contributed by atoms with E-state index in [2.05, 4.69) is 25.2 Å². The molecule has 0 saturated heterocycles. The number of fused-ring (bicyclic) bond motifs is 2. The third-order valence-corrected chi connectivity index (χ3v) is 6.97. The van der Waals surface area contributed by atoms with Gasteiger partial charge in [0.25, 0.3) is 0 Å². The number of aliphatic hydroxyl groups is 1. The predicted molar refractivity (Wildman–Crippen MR) is 86.0 cm³/mol. The van der Waals surface area contributed by atoms with Crippen molar-refractivity contribution in [3.63, 3.8) is 0 Å². The van der Waals surface area contributed by atoms with Crippen LogP contribution in [0.25, 0.3) is 0 Å². The summed E-state index contributed by atoms with van der Waals surface area (Å²) >= 11 is 1.57. The first-order valence-corrected chi connectivity index (χ1v) is 8.23. The summed E-state index contributed by atoms with van der Waals surface area (Å²) in [6.07, 6.45) is 4.03. The molecule has 3 rings (SSSR count). The average Bonchev–Trinajstić information content (AvgIpc) is 2.74. The molecule has 2 unspecified atom stereocenters. The van der Waals surface area contributed by atoms with Gasteiger partial charge in [-0.1, -0.05) is 51.1 Å². The van der Waals surface area contributed by atoms with Crippen LogP contribution in [0.1, 0.15) is 39.2 Å². The highest BCUT2D eigenvalue weighted by Crippen LogP contribution is 2.67. The molecule has 0 radical (unpaired) electrons. The van der Waals surface area contributed by atoms with Gasteiger partial charge in [0.05, 0.1) is 11.4 Å². The molecule has 2 nitrogen and oxygen atoms in total. The van der Waals surface area contributed by atoms with Crippen LogP contribution in [0.4, 0.5) is 0 Å². The molecule has 108 valence electrons. The van der Waals surface area contributed by atoms with E-state index >= 15 is 0 Å². The lowest BCUT2D eigenvalue weighted by molar-refractivity contribution is 0.0148. The fourth-order valence-corrected chi connectivity index (χ4v) is 5.44. The molecule has 3 heteroatoms. The van der Waals surface area contributed by atoms with E-state index < -0.39 is 0 Å². The summed E-state index contributed by atoms with van der Waals surface area (Å²) in [7, 11) is 0. The Morgan fingerprint density at radius 2 is 1.95 bits per heavy atom. The number of benzene rings is 1. The van der Waals surface area contributed by atoms with Crippen molar-refractivity contribution in [2.24, 2.45) is 21.1 Å². The van der Waals surface area contributed by atoms with Crippen molar-refractivity contribution in [3.05, 3.63) is 35.9 Å². The first-order chi connectivity index (χ1) is 9.47. The molecule has 4 atom stereocenters. The van der Waals surface area contributed by atoms with E-state index in [4.69, 9.17) is 0 Å². The van der Waals surface area contributed by atoms with Crippen LogP contribution in [0.3, 0.4) is 0 Å². The van der Waals surface area contributed by atoms with Crippen LogP contribution in [0.15, 0.2) is 34.7 Å². The van der Waals surface area contributed by atoms with Crippen LogP contribution in [-0.4, -0.2) is 22.7 Å². The molecule has 2 aliphatic carbocycles. The summed E-state index contributed by atoms with van der Waals surface area (Å²) in [5, 5.41) is 10.9. The van der Waals surface area contributed by atoms with Crippen molar-refractivity contribution in [1.82, 2.24) is 0 Å². The van der Waals surface area contributed by atoms with E-state index in [0.29, 0.717) is 5.92 Å². The number of rotatable bonds is 3. The van der Waals surface area contributed by atoms with E-state index in [0.717, 1.165) is 12.0 Å². The van der Waals surface area contributed by atoms with Gasteiger partial charge in [-0.15, -0.1) is 0 Å². The molecule has 1 N–H and O–H groups in total. The van der Waals surface area contributed by atoms with E-state index in [-0.39, 0.29) is 22.2 Å². The van der Waals surface area contributed by atoms with Gasteiger partial charge in [-0.3, -0.25) is 0 Å². The predicted octanol–water partition coefficient (Wildman–Crippen LogP) is 3.94. The maximum atomic E-state index is 10.7. The minimum absolute atomic E-state index is 0.0532. The molecular formula is C17H23NOS. The molecule has 0 amide bonds. The van der Waals surface area contributed by atoms with Crippen LogP contribution < -0.4 is 0 Å². The molecule has 0 spiro atoms. The second kappa shape index (κ2) is 4.88. The zero-order valence-corrected chi connectivity index (χ0v) is 13.2. The largest absolute Gasteiger partial charge is 0.391 e. The summed E-state index contributed by atoms with van der Waals surface area (Å²) in [6, 6.07) is 10.1. The van der Waals surface area contributed by atoms with E-state index in [1.807, 2.05) is 36.5 Å². The van der Waals surface area contributed by atoms with E-state index in [9.17, 15) is 5.11 Å². The van der Waals surface area contributed by atoms with Crippen molar-refractivity contribution in [2.45, 2.75) is 45.0 Å². The Kier molecular flexibility index (Phi) is 3.46. The Morgan fingerprint density at radius 1 is 1.25 bits per heavy atom. The SMILES string of the molecule is CC1(C)[C@@H]2CC[C@@]1(C)C(O)C2S/N=C/c1ccccc1. The van der Waals surface area contributed by atoms with Gasteiger partial charge in [0.1, 0.15) is 0 Å². The molecule has 0 heterocycles. The molecular weight excluding hydrogens is 266 g/mol. The monoisotopic (exact) mass is 289 g/mol. The molecule has 2 aliphatic rings. The maximum Gasteiger partial charge on any atom is 0.0738 e. The molecule has 20 heavy (non-hydrogen) atoms. The second-order valence-corrected chi connectivity index (χ2v) is 7.91. The first kappa shape index (κ1) is 14.2. The topological polar surface area (TPSA) is 32.6 Å². The Balaban J connectivity index is 1.72. The van der Waals surface area contributed by atoms with Gasteiger partial charge < -0.3 is 5.11 Å². The highest BCUT2D eigenvalue weighted by atomic mass is 32.2. The lowest BCUT2D eigenvalue weighted by atomic mass is 9.70. The minimum Gasteiger partial charge on any atom is -0.391 e. The second-order valence-electron chi connectivity index (χ2n) is 6.94. The number of nitrogens with zero attached hydrogens (tertiary/aromatic N) is 1. The van der Waals surface area contributed by atoms with E-state index in [1.54, 1.807) is 11.9 Å². The minimum atomic E-state index is -0.242.